The monoisotopic (exact) mass is 286 g/mol. The molecular weight excluding hydrogens is 274 g/mol. The summed E-state index contributed by atoms with van der Waals surface area (Å²) >= 11 is 0. The second-order valence-corrected chi connectivity index (χ2v) is 4.07. The SMILES string of the molecule is CCCC(O)c1c(C(F)(F)F)cccc1C(F)(F)F. The number of hydrogen-bond acceptors (Lipinski definition) is 1. The van der Waals surface area contributed by atoms with E-state index in [0.29, 0.717) is 18.2 Å². The van der Waals surface area contributed by atoms with Crippen molar-refractivity contribution in [3.8, 4) is 0 Å². The van der Waals surface area contributed by atoms with Gasteiger partial charge in [0.25, 0.3) is 0 Å². The lowest BCUT2D eigenvalue weighted by Crippen LogP contribution is -2.19. The molecule has 1 atom stereocenters. The number of alkyl halides is 6. The Morgan fingerprint density at radius 2 is 1.42 bits per heavy atom. The molecule has 0 fully saturated rings. The summed E-state index contributed by atoms with van der Waals surface area (Å²) in [4.78, 5) is 0. The molecule has 1 rings (SSSR count). The lowest BCUT2D eigenvalue weighted by atomic mass is 9.93. The fourth-order valence-corrected chi connectivity index (χ4v) is 1.84. The quantitative estimate of drug-likeness (QED) is 0.808. The van der Waals surface area contributed by atoms with Gasteiger partial charge in [-0.2, -0.15) is 26.3 Å². The van der Waals surface area contributed by atoms with Crippen LogP contribution in [-0.4, -0.2) is 5.11 Å². The third kappa shape index (κ3) is 3.62. The second-order valence-electron chi connectivity index (χ2n) is 4.07. The van der Waals surface area contributed by atoms with Crippen LogP contribution in [0.4, 0.5) is 26.3 Å². The van der Waals surface area contributed by atoms with Crippen LogP contribution < -0.4 is 0 Å². The fourth-order valence-electron chi connectivity index (χ4n) is 1.84. The third-order valence-electron chi connectivity index (χ3n) is 2.61. The number of benzene rings is 1. The summed E-state index contributed by atoms with van der Waals surface area (Å²) in [6, 6.07) is 1.78. The highest BCUT2D eigenvalue weighted by Crippen LogP contribution is 2.42. The number of aliphatic hydroxyl groups excluding tert-OH is 1. The lowest BCUT2D eigenvalue weighted by Gasteiger charge is -2.22. The van der Waals surface area contributed by atoms with Crippen LogP contribution >= 0.6 is 0 Å². The first kappa shape index (κ1) is 15.8. The van der Waals surface area contributed by atoms with Gasteiger partial charge in [0.05, 0.1) is 17.2 Å². The van der Waals surface area contributed by atoms with E-state index in [1.165, 1.54) is 0 Å². The standard InChI is InChI=1S/C12H12F6O/c1-2-4-9(19)10-7(11(13,14)15)5-3-6-8(10)12(16,17)18/h3,5-6,9,19H,2,4H2,1H3. The molecule has 0 aliphatic carbocycles. The molecule has 1 unspecified atom stereocenters. The molecule has 7 heteroatoms. The van der Waals surface area contributed by atoms with Crippen LogP contribution in [0.15, 0.2) is 18.2 Å². The van der Waals surface area contributed by atoms with Gasteiger partial charge in [-0.25, -0.2) is 0 Å². The minimum Gasteiger partial charge on any atom is -0.388 e. The van der Waals surface area contributed by atoms with Gasteiger partial charge in [0.1, 0.15) is 0 Å². The Hall–Kier alpha value is -1.24. The predicted octanol–water partition coefficient (Wildman–Crippen LogP) is 4.56. The topological polar surface area (TPSA) is 20.2 Å². The number of halogens is 6. The van der Waals surface area contributed by atoms with Crippen molar-refractivity contribution in [2.75, 3.05) is 0 Å². The molecule has 19 heavy (non-hydrogen) atoms. The zero-order valence-corrected chi connectivity index (χ0v) is 9.94. The summed E-state index contributed by atoms with van der Waals surface area (Å²) in [5, 5.41) is 9.61. The van der Waals surface area contributed by atoms with Crippen LogP contribution in [0.25, 0.3) is 0 Å². The average molecular weight is 286 g/mol. The molecule has 0 aliphatic rings. The van der Waals surface area contributed by atoms with E-state index in [1.807, 2.05) is 0 Å². The molecule has 0 amide bonds. The van der Waals surface area contributed by atoms with E-state index in [2.05, 4.69) is 0 Å². The number of aliphatic hydroxyl groups is 1. The van der Waals surface area contributed by atoms with Gasteiger partial charge in [0.15, 0.2) is 0 Å². The molecule has 0 saturated heterocycles. The van der Waals surface area contributed by atoms with Gasteiger partial charge >= 0.3 is 12.4 Å². The highest BCUT2D eigenvalue weighted by atomic mass is 19.4. The molecule has 1 nitrogen and oxygen atoms in total. The largest absolute Gasteiger partial charge is 0.416 e. The highest BCUT2D eigenvalue weighted by Gasteiger charge is 2.42. The van der Waals surface area contributed by atoms with Crippen LogP contribution in [0, 0.1) is 0 Å². The molecule has 1 aromatic carbocycles. The maximum atomic E-state index is 12.7. The molecule has 0 spiro atoms. The van der Waals surface area contributed by atoms with Gasteiger partial charge < -0.3 is 5.11 Å². The summed E-state index contributed by atoms with van der Waals surface area (Å²) in [7, 11) is 0. The molecule has 0 aromatic heterocycles. The zero-order chi connectivity index (χ0) is 14.8. The summed E-state index contributed by atoms with van der Waals surface area (Å²) in [6.07, 6.45) is -11.6. The first-order valence-electron chi connectivity index (χ1n) is 5.54. The third-order valence-corrected chi connectivity index (χ3v) is 2.61. The summed E-state index contributed by atoms with van der Waals surface area (Å²) in [6.45, 7) is 1.56. The maximum Gasteiger partial charge on any atom is 0.416 e. The number of rotatable bonds is 3. The van der Waals surface area contributed by atoms with Crippen molar-refractivity contribution in [1.82, 2.24) is 0 Å². The van der Waals surface area contributed by atoms with Gasteiger partial charge in [-0.15, -0.1) is 0 Å². The Morgan fingerprint density at radius 3 is 1.74 bits per heavy atom. The summed E-state index contributed by atoms with van der Waals surface area (Å²) < 4.78 is 76.4. The molecule has 108 valence electrons. The first-order valence-corrected chi connectivity index (χ1v) is 5.54. The van der Waals surface area contributed by atoms with Crippen LogP contribution in [0.3, 0.4) is 0 Å². The van der Waals surface area contributed by atoms with E-state index < -0.39 is 35.1 Å². The van der Waals surface area contributed by atoms with E-state index in [-0.39, 0.29) is 12.8 Å². The average Bonchev–Trinajstić information content (AvgIpc) is 2.26. The Labute approximate surface area is 105 Å². The van der Waals surface area contributed by atoms with Gasteiger partial charge in [-0.05, 0) is 18.6 Å². The second kappa shape index (κ2) is 5.40. The Balaban J connectivity index is 3.50. The molecule has 0 saturated carbocycles. The smallest absolute Gasteiger partial charge is 0.388 e. The maximum absolute atomic E-state index is 12.7. The highest BCUT2D eigenvalue weighted by molar-refractivity contribution is 5.40. The lowest BCUT2D eigenvalue weighted by molar-refractivity contribution is -0.146. The fraction of sp³-hybridized carbons (Fsp3) is 0.500. The van der Waals surface area contributed by atoms with Crippen LogP contribution in [-0.2, 0) is 12.4 Å². The van der Waals surface area contributed by atoms with E-state index in [4.69, 9.17) is 0 Å². The molecule has 0 aliphatic heterocycles. The Kier molecular flexibility index (Phi) is 4.50. The molecule has 0 radical (unpaired) electrons. The molecule has 0 bridgehead atoms. The van der Waals surface area contributed by atoms with Crippen molar-refractivity contribution in [2.24, 2.45) is 0 Å². The molecule has 0 heterocycles. The predicted molar refractivity (Wildman–Crippen MR) is 56.3 cm³/mol. The van der Waals surface area contributed by atoms with Crippen molar-refractivity contribution in [3.63, 3.8) is 0 Å². The van der Waals surface area contributed by atoms with E-state index >= 15 is 0 Å². The Bertz CT molecular complexity index is 403. The normalized spacial score (nSPS) is 14.5. The van der Waals surface area contributed by atoms with E-state index in [0.717, 1.165) is 0 Å². The Morgan fingerprint density at radius 1 is 1.00 bits per heavy atom. The van der Waals surface area contributed by atoms with Crippen molar-refractivity contribution in [3.05, 3.63) is 34.9 Å². The van der Waals surface area contributed by atoms with Crippen molar-refractivity contribution in [1.29, 1.82) is 0 Å². The number of hydrogen-bond donors (Lipinski definition) is 1. The summed E-state index contributed by atoms with van der Waals surface area (Å²) in [5.41, 5.74) is -3.98. The zero-order valence-electron chi connectivity index (χ0n) is 9.94. The van der Waals surface area contributed by atoms with Gasteiger partial charge in [0.2, 0.25) is 0 Å². The molecular formula is C12H12F6O. The summed E-state index contributed by atoms with van der Waals surface area (Å²) in [5.74, 6) is 0. The van der Waals surface area contributed by atoms with E-state index in [1.54, 1.807) is 6.92 Å². The van der Waals surface area contributed by atoms with Crippen molar-refractivity contribution < 1.29 is 31.4 Å². The van der Waals surface area contributed by atoms with Crippen LogP contribution in [0.2, 0.25) is 0 Å². The van der Waals surface area contributed by atoms with Gasteiger partial charge in [0, 0.05) is 5.56 Å². The van der Waals surface area contributed by atoms with Gasteiger partial charge in [-0.1, -0.05) is 19.4 Å². The van der Waals surface area contributed by atoms with Crippen LogP contribution in [0.5, 0.6) is 0 Å². The molecule has 1 aromatic rings. The minimum atomic E-state index is -4.94. The van der Waals surface area contributed by atoms with Gasteiger partial charge in [-0.3, -0.25) is 0 Å². The first-order chi connectivity index (χ1) is 8.59. The minimum absolute atomic E-state index is 0.170. The molecule has 1 N–H and O–H groups in total. The van der Waals surface area contributed by atoms with E-state index in [9.17, 15) is 31.4 Å². The van der Waals surface area contributed by atoms with Crippen molar-refractivity contribution >= 4 is 0 Å². The van der Waals surface area contributed by atoms with Crippen LogP contribution in [0.1, 0.15) is 42.6 Å². The van der Waals surface area contributed by atoms with Crippen molar-refractivity contribution in [2.45, 2.75) is 38.2 Å².